The van der Waals surface area contributed by atoms with Gasteiger partial charge in [0, 0.05) is 23.2 Å². The third-order valence-corrected chi connectivity index (χ3v) is 9.80. The lowest BCUT2D eigenvalue weighted by Gasteiger charge is -2.54. The first-order chi connectivity index (χ1) is 21.0. The van der Waals surface area contributed by atoms with Gasteiger partial charge in [-0.3, -0.25) is 0 Å². The van der Waals surface area contributed by atoms with Crippen LogP contribution in [-0.4, -0.2) is 16.7 Å². The second-order valence-electron chi connectivity index (χ2n) is 11.6. The summed E-state index contributed by atoms with van der Waals surface area (Å²) in [6.45, 7) is 4.91. The molecule has 3 aliphatic rings. The summed E-state index contributed by atoms with van der Waals surface area (Å²) in [5, 5.41) is 19.2. The van der Waals surface area contributed by atoms with Crippen LogP contribution in [-0.2, 0) is 17.4 Å². The maximum atomic E-state index is 9.76. The average Bonchev–Trinajstić information content (AvgIpc) is 3.51. The van der Waals surface area contributed by atoms with Crippen LogP contribution in [0.2, 0.25) is 0 Å². The Hall–Kier alpha value is -5.63. The van der Waals surface area contributed by atoms with Gasteiger partial charge in [0.15, 0.2) is 0 Å². The van der Waals surface area contributed by atoms with Gasteiger partial charge in [-0.1, -0.05) is 60.4 Å². The van der Waals surface area contributed by atoms with Crippen LogP contribution in [0.5, 0.6) is 0 Å². The molecule has 8 rings (SSSR count). The van der Waals surface area contributed by atoms with Crippen LogP contribution in [0.4, 0.5) is 5.69 Å². The first-order valence-corrected chi connectivity index (χ1v) is 14.4. The van der Waals surface area contributed by atoms with Gasteiger partial charge in [0.2, 0.25) is 0 Å². The molecular weight excluding hydrogens is 524 g/mol. The van der Waals surface area contributed by atoms with E-state index < -0.39 is 11.0 Å². The quantitative estimate of drug-likeness (QED) is 0.222. The van der Waals surface area contributed by atoms with Crippen LogP contribution in [0.3, 0.4) is 0 Å². The molecular formula is C39H26N4. The molecule has 3 heterocycles. The highest BCUT2D eigenvalue weighted by molar-refractivity contribution is 5.93. The zero-order chi connectivity index (χ0) is 29.5. The summed E-state index contributed by atoms with van der Waals surface area (Å²) in [7, 11) is 0. The van der Waals surface area contributed by atoms with Crippen LogP contribution in [0.25, 0.3) is 11.1 Å². The van der Waals surface area contributed by atoms with Gasteiger partial charge in [0.1, 0.15) is 5.54 Å². The zero-order valence-electron chi connectivity index (χ0n) is 23.9. The number of aromatic nitrogens is 2. The van der Waals surface area contributed by atoms with E-state index in [9.17, 15) is 5.26 Å². The largest absolute Gasteiger partial charge is 0.354 e. The highest BCUT2D eigenvalue weighted by Gasteiger charge is 2.70. The molecule has 4 heteroatoms. The summed E-state index contributed by atoms with van der Waals surface area (Å²) in [5.41, 5.74) is 12.8. The van der Waals surface area contributed by atoms with E-state index in [-0.39, 0.29) is 0 Å². The Morgan fingerprint density at radius 1 is 0.744 bits per heavy atom. The number of hydrogen-bond donors (Lipinski definition) is 0. The third-order valence-electron chi connectivity index (χ3n) is 9.80. The average molecular weight is 551 g/mol. The fraction of sp³-hybridized carbons (Fsp3) is 0.154. The molecule has 0 saturated carbocycles. The topological polar surface area (TPSA) is 52.8 Å². The summed E-state index contributed by atoms with van der Waals surface area (Å²) >= 11 is 0. The number of nitriles is 1. The number of anilines is 1. The van der Waals surface area contributed by atoms with Crippen molar-refractivity contribution in [3.8, 4) is 41.9 Å². The minimum Gasteiger partial charge on any atom is -0.354 e. The summed E-state index contributed by atoms with van der Waals surface area (Å²) < 4.78 is 0. The van der Waals surface area contributed by atoms with Gasteiger partial charge in [-0.25, -0.2) is 0 Å². The molecule has 0 saturated heterocycles. The van der Waals surface area contributed by atoms with Crippen molar-refractivity contribution in [1.82, 2.24) is 10.2 Å². The monoisotopic (exact) mass is 550 g/mol. The van der Waals surface area contributed by atoms with Crippen LogP contribution < -0.4 is 4.90 Å². The Labute approximate surface area is 251 Å². The van der Waals surface area contributed by atoms with Gasteiger partial charge >= 0.3 is 0 Å². The highest BCUT2D eigenvalue weighted by Crippen LogP contribution is 2.71. The SMILES string of the molecule is C#Cc1ccc2c(c1)C1(c3cc(C#C)ccc3-2)c2c(C)nnc(C)c2N2CCc3ccccc3C21c1ccc(C#N)cc1. The lowest BCUT2D eigenvalue weighted by atomic mass is 9.55. The molecule has 0 amide bonds. The minimum absolute atomic E-state index is 0.618. The molecule has 1 atom stereocenters. The Balaban J connectivity index is 1.69. The predicted octanol–water partition coefficient (Wildman–Crippen LogP) is 6.56. The van der Waals surface area contributed by atoms with Crippen molar-refractivity contribution in [3.63, 3.8) is 0 Å². The third kappa shape index (κ3) is 2.87. The van der Waals surface area contributed by atoms with Gasteiger partial charge in [-0.05, 0) is 95.6 Å². The molecule has 43 heavy (non-hydrogen) atoms. The van der Waals surface area contributed by atoms with E-state index >= 15 is 0 Å². The summed E-state index contributed by atoms with van der Waals surface area (Å²) in [6.07, 6.45) is 13.0. The zero-order valence-corrected chi connectivity index (χ0v) is 23.9. The lowest BCUT2D eigenvalue weighted by Crippen LogP contribution is -2.59. The van der Waals surface area contributed by atoms with E-state index in [2.05, 4.69) is 102 Å². The molecule has 1 spiro atoms. The van der Waals surface area contributed by atoms with Crippen molar-refractivity contribution in [2.45, 2.75) is 31.2 Å². The number of nitrogens with zero attached hydrogens (tertiary/aromatic N) is 4. The molecule has 1 aliphatic carbocycles. The number of aryl methyl sites for hydroxylation is 2. The van der Waals surface area contributed by atoms with Crippen molar-refractivity contribution in [2.24, 2.45) is 0 Å². The van der Waals surface area contributed by atoms with Crippen LogP contribution >= 0.6 is 0 Å². The fourth-order valence-corrected chi connectivity index (χ4v) is 8.36. The van der Waals surface area contributed by atoms with E-state index in [0.29, 0.717) is 5.56 Å². The predicted molar refractivity (Wildman–Crippen MR) is 169 cm³/mol. The minimum atomic E-state index is -0.776. The number of hydrogen-bond acceptors (Lipinski definition) is 4. The fourth-order valence-electron chi connectivity index (χ4n) is 8.36. The van der Waals surface area contributed by atoms with Crippen LogP contribution in [0, 0.1) is 49.9 Å². The van der Waals surface area contributed by atoms with Crippen molar-refractivity contribution in [1.29, 1.82) is 5.26 Å². The number of benzene rings is 4. The van der Waals surface area contributed by atoms with Crippen molar-refractivity contribution in [3.05, 3.63) is 146 Å². The Morgan fingerprint density at radius 2 is 1.35 bits per heavy atom. The first kappa shape index (κ1) is 25.1. The number of terminal acetylenes is 2. The highest BCUT2D eigenvalue weighted by atomic mass is 15.3. The second-order valence-corrected chi connectivity index (χ2v) is 11.6. The molecule has 202 valence electrons. The van der Waals surface area contributed by atoms with Gasteiger partial charge in [0.05, 0.1) is 34.1 Å². The van der Waals surface area contributed by atoms with Gasteiger partial charge in [-0.15, -0.1) is 12.8 Å². The smallest absolute Gasteiger partial charge is 0.109 e. The second kappa shape index (κ2) is 8.69. The lowest BCUT2D eigenvalue weighted by molar-refractivity contribution is 0.358. The first-order valence-electron chi connectivity index (χ1n) is 14.4. The number of rotatable bonds is 1. The molecule has 0 radical (unpaired) electrons. The summed E-state index contributed by atoms with van der Waals surface area (Å²) in [6, 6.07) is 31.9. The summed E-state index contributed by atoms with van der Waals surface area (Å²) in [5.74, 6) is 5.82. The molecule has 4 nitrogen and oxygen atoms in total. The molecule has 1 unspecified atom stereocenters. The van der Waals surface area contributed by atoms with E-state index in [1.807, 2.05) is 24.3 Å². The standard InChI is InChI=1S/C39H26N4/c1-5-26-13-17-31-32-18-14-27(6-2)22-35(32)38(34(31)21-26)36-24(3)41-42-25(4)37(36)43-20-19-29-9-7-8-10-33(29)39(38,43)30-15-11-28(23-40)12-16-30/h1-2,7-18,21-22H,19-20H2,3-4H3. The molecule has 0 bridgehead atoms. The summed E-state index contributed by atoms with van der Waals surface area (Å²) in [4.78, 5) is 2.56. The maximum Gasteiger partial charge on any atom is 0.109 e. The van der Waals surface area contributed by atoms with Crippen LogP contribution in [0.1, 0.15) is 61.5 Å². The van der Waals surface area contributed by atoms with Crippen molar-refractivity contribution in [2.75, 3.05) is 11.4 Å². The van der Waals surface area contributed by atoms with Gasteiger partial charge in [-0.2, -0.15) is 15.5 Å². The Morgan fingerprint density at radius 3 is 1.98 bits per heavy atom. The van der Waals surface area contributed by atoms with E-state index in [4.69, 9.17) is 17.9 Å². The van der Waals surface area contributed by atoms with Gasteiger partial charge in [0.25, 0.3) is 0 Å². The molecule has 0 fully saturated rings. The van der Waals surface area contributed by atoms with E-state index in [0.717, 1.165) is 74.5 Å². The van der Waals surface area contributed by atoms with Crippen molar-refractivity contribution >= 4 is 5.69 Å². The number of fused-ring (bicyclic) bond motifs is 12. The van der Waals surface area contributed by atoms with E-state index in [1.165, 1.54) is 11.1 Å². The van der Waals surface area contributed by atoms with E-state index in [1.54, 1.807) is 0 Å². The maximum absolute atomic E-state index is 9.76. The Kier molecular flexibility index (Phi) is 5.07. The molecule has 1 aromatic heterocycles. The van der Waals surface area contributed by atoms with Crippen molar-refractivity contribution < 1.29 is 0 Å². The normalized spacial score (nSPS) is 18.0. The molecule has 0 N–H and O–H groups in total. The molecule has 5 aromatic rings. The molecule has 4 aromatic carbocycles. The van der Waals surface area contributed by atoms with Crippen LogP contribution in [0.15, 0.2) is 84.9 Å². The van der Waals surface area contributed by atoms with Gasteiger partial charge < -0.3 is 4.90 Å². The Bertz CT molecular complexity index is 2090. The molecule has 2 aliphatic heterocycles.